The molecule has 2 N–H and O–H groups in total. The summed E-state index contributed by atoms with van der Waals surface area (Å²) < 4.78 is 25.6. The molecule has 1 aromatic carbocycles. The Balaban J connectivity index is 2.89. The monoisotopic (exact) mass is 291 g/mol. The van der Waals surface area contributed by atoms with E-state index in [9.17, 15) is 13.2 Å². The standard InChI is InChI=1S/C11H14ClNO4S/c1-2-3-6-18(16,17)13-10-5-4-8(11(14)15)7-9(10)12/h4-5,7,13H,2-3,6H2,1H3,(H,14,15). The van der Waals surface area contributed by atoms with Crippen molar-refractivity contribution < 1.29 is 18.3 Å². The zero-order chi connectivity index (χ0) is 13.8. The number of anilines is 1. The summed E-state index contributed by atoms with van der Waals surface area (Å²) in [6, 6.07) is 3.85. The van der Waals surface area contributed by atoms with E-state index in [4.69, 9.17) is 16.7 Å². The van der Waals surface area contributed by atoms with E-state index in [-0.39, 0.29) is 22.0 Å². The Hall–Kier alpha value is -1.27. The summed E-state index contributed by atoms with van der Waals surface area (Å²) in [5.74, 6) is -1.10. The maximum absolute atomic E-state index is 11.6. The molecule has 0 amide bonds. The van der Waals surface area contributed by atoms with Gasteiger partial charge in [0, 0.05) is 0 Å². The lowest BCUT2D eigenvalue weighted by Crippen LogP contribution is -2.17. The minimum Gasteiger partial charge on any atom is -0.478 e. The fourth-order valence-corrected chi connectivity index (χ4v) is 2.85. The first-order valence-electron chi connectivity index (χ1n) is 5.39. The first-order valence-corrected chi connectivity index (χ1v) is 7.42. The van der Waals surface area contributed by atoms with Crippen molar-refractivity contribution >= 4 is 33.3 Å². The van der Waals surface area contributed by atoms with Gasteiger partial charge in [0.1, 0.15) is 0 Å². The number of rotatable bonds is 6. The molecule has 0 unspecified atom stereocenters. The van der Waals surface area contributed by atoms with Gasteiger partial charge in [-0.25, -0.2) is 13.2 Å². The molecule has 0 bridgehead atoms. The summed E-state index contributed by atoms with van der Waals surface area (Å²) in [5, 5.41) is 8.82. The number of halogens is 1. The van der Waals surface area contributed by atoms with Gasteiger partial charge in [0.25, 0.3) is 0 Å². The Kier molecular flexibility index (Phi) is 4.98. The van der Waals surface area contributed by atoms with Gasteiger partial charge in [0.2, 0.25) is 10.0 Å². The quantitative estimate of drug-likeness (QED) is 0.844. The second-order valence-electron chi connectivity index (χ2n) is 3.77. The van der Waals surface area contributed by atoms with Crippen LogP contribution in [0.2, 0.25) is 5.02 Å². The Morgan fingerprint density at radius 2 is 2.11 bits per heavy atom. The number of hydrogen-bond donors (Lipinski definition) is 2. The number of unbranched alkanes of at least 4 members (excludes halogenated alkanes) is 1. The number of hydrogen-bond acceptors (Lipinski definition) is 3. The van der Waals surface area contributed by atoms with Crippen LogP contribution in [0.1, 0.15) is 30.1 Å². The Bertz CT molecular complexity index is 542. The Morgan fingerprint density at radius 3 is 2.61 bits per heavy atom. The zero-order valence-corrected chi connectivity index (χ0v) is 11.4. The normalized spacial score (nSPS) is 11.2. The number of carboxylic acid groups (broad SMARTS) is 1. The minimum absolute atomic E-state index is 0.0107. The lowest BCUT2D eigenvalue weighted by Gasteiger charge is -2.09. The molecule has 0 heterocycles. The molecule has 5 nitrogen and oxygen atoms in total. The van der Waals surface area contributed by atoms with Crippen LogP contribution in [0.3, 0.4) is 0 Å². The highest BCUT2D eigenvalue weighted by atomic mass is 35.5. The van der Waals surface area contributed by atoms with Crippen LogP contribution < -0.4 is 4.72 Å². The summed E-state index contributed by atoms with van der Waals surface area (Å²) in [5.41, 5.74) is 0.203. The largest absolute Gasteiger partial charge is 0.478 e. The molecule has 0 saturated heterocycles. The van der Waals surface area contributed by atoms with E-state index in [1.54, 1.807) is 0 Å². The van der Waals surface area contributed by atoms with Crippen LogP contribution in [-0.2, 0) is 10.0 Å². The molecule has 7 heteroatoms. The van der Waals surface area contributed by atoms with E-state index < -0.39 is 16.0 Å². The number of aromatic carboxylic acids is 1. The molecule has 0 radical (unpaired) electrons. The highest BCUT2D eigenvalue weighted by Crippen LogP contribution is 2.24. The van der Waals surface area contributed by atoms with Crippen molar-refractivity contribution in [3.8, 4) is 0 Å². The minimum atomic E-state index is -3.43. The van der Waals surface area contributed by atoms with Crippen LogP contribution in [0.4, 0.5) is 5.69 Å². The van der Waals surface area contributed by atoms with Gasteiger partial charge in [0.15, 0.2) is 0 Å². The first-order chi connectivity index (χ1) is 8.35. The highest BCUT2D eigenvalue weighted by Gasteiger charge is 2.13. The number of carboxylic acids is 1. The summed E-state index contributed by atoms with van der Waals surface area (Å²) in [7, 11) is -3.43. The third-order valence-corrected chi connectivity index (χ3v) is 3.92. The van der Waals surface area contributed by atoms with Gasteiger partial charge in [0.05, 0.1) is 22.0 Å². The third-order valence-electron chi connectivity index (χ3n) is 2.25. The average Bonchev–Trinajstić information content (AvgIpc) is 2.29. The molecule has 0 aliphatic rings. The average molecular weight is 292 g/mol. The van der Waals surface area contributed by atoms with Crippen LogP contribution >= 0.6 is 11.6 Å². The van der Waals surface area contributed by atoms with Crippen LogP contribution in [0.15, 0.2) is 18.2 Å². The van der Waals surface area contributed by atoms with Crippen molar-refractivity contribution in [2.75, 3.05) is 10.5 Å². The third kappa shape index (κ3) is 4.19. The van der Waals surface area contributed by atoms with E-state index in [1.165, 1.54) is 18.2 Å². The predicted octanol–water partition coefficient (Wildman–Crippen LogP) is 2.58. The van der Waals surface area contributed by atoms with Gasteiger partial charge >= 0.3 is 5.97 Å². The zero-order valence-electron chi connectivity index (χ0n) is 9.81. The topological polar surface area (TPSA) is 83.5 Å². The van der Waals surface area contributed by atoms with E-state index in [2.05, 4.69) is 4.72 Å². The number of sulfonamides is 1. The first kappa shape index (κ1) is 14.8. The van der Waals surface area contributed by atoms with Crippen LogP contribution in [0.5, 0.6) is 0 Å². The Morgan fingerprint density at radius 1 is 1.44 bits per heavy atom. The summed E-state index contributed by atoms with van der Waals surface area (Å²) >= 11 is 5.82. The fourth-order valence-electron chi connectivity index (χ4n) is 1.28. The van der Waals surface area contributed by atoms with Gasteiger partial charge in [-0.1, -0.05) is 24.9 Å². The molecule has 0 fully saturated rings. The predicted molar refractivity (Wildman–Crippen MR) is 70.7 cm³/mol. The van der Waals surface area contributed by atoms with Gasteiger partial charge in [-0.05, 0) is 24.6 Å². The van der Waals surface area contributed by atoms with Crippen molar-refractivity contribution in [2.45, 2.75) is 19.8 Å². The van der Waals surface area contributed by atoms with Gasteiger partial charge in [-0.2, -0.15) is 0 Å². The second kappa shape index (κ2) is 6.06. The highest BCUT2D eigenvalue weighted by molar-refractivity contribution is 7.92. The van der Waals surface area contributed by atoms with E-state index in [0.29, 0.717) is 6.42 Å². The maximum atomic E-state index is 11.6. The molecule has 0 aliphatic carbocycles. The van der Waals surface area contributed by atoms with Crippen LogP contribution in [-0.4, -0.2) is 25.2 Å². The lowest BCUT2D eigenvalue weighted by molar-refractivity contribution is 0.0697. The number of benzene rings is 1. The molecule has 0 aliphatic heterocycles. The van der Waals surface area contributed by atoms with Gasteiger partial charge < -0.3 is 5.11 Å². The Labute approximate surface area is 111 Å². The van der Waals surface area contributed by atoms with Crippen molar-refractivity contribution in [1.82, 2.24) is 0 Å². The van der Waals surface area contributed by atoms with Crippen molar-refractivity contribution in [3.63, 3.8) is 0 Å². The maximum Gasteiger partial charge on any atom is 0.335 e. The molecule has 0 saturated carbocycles. The summed E-state index contributed by atoms with van der Waals surface area (Å²) in [6.45, 7) is 1.89. The van der Waals surface area contributed by atoms with E-state index in [0.717, 1.165) is 6.42 Å². The smallest absolute Gasteiger partial charge is 0.335 e. The molecule has 0 atom stereocenters. The van der Waals surface area contributed by atoms with E-state index in [1.807, 2.05) is 6.92 Å². The summed E-state index contributed by atoms with van der Waals surface area (Å²) in [4.78, 5) is 10.7. The molecule has 100 valence electrons. The van der Waals surface area contributed by atoms with E-state index >= 15 is 0 Å². The van der Waals surface area contributed by atoms with Crippen LogP contribution in [0.25, 0.3) is 0 Å². The molecule has 0 aromatic heterocycles. The molecular formula is C11H14ClNO4S. The molecule has 18 heavy (non-hydrogen) atoms. The van der Waals surface area contributed by atoms with Gasteiger partial charge in [-0.3, -0.25) is 4.72 Å². The molecule has 1 rings (SSSR count). The SMILES string of the molecule is CCCCS(=O)(=O)Nc1ccc(C(=O)O)cc1Cl. The second-order valence-corrected chi connectivity index (χ2v) is 6.02. The number of carbonyl (C=O) groups is 1. The van der Waals surface area contributed by atoms with Gasteiger partial charge in [-0.15, -0.1) is 0 Å². The van der Waals surface area contributed by atoms with Crippen LogP contribution in [0, 0.1) is 0 Å². The van der Waals surface area contributed by atoms with Crippen molar-refractivity contribution in [3.05, 3.63) is 28.8 Å². The molecular weight excluding hydrogens is 278 g/mol. The molecule has 1 aromatic rings. The van der Waals surface area contributed by atoms with Crippen molar-refractivity contribution in [1.29, 1.82) is 0 Å². The fraction of sp³-hybridized carbons (Fsp3) is 0.364. The molecule has 0 spiro atoms. The van der Waals surface area contributed by atoms with Crippen molar-refractivity contribution in [2.24, 2.45) is 0 Å². The number of nitrogens with one attached hydrogen (secondary N) is 1. The lowest BCUT2D eigenvalue weighted by atomic mass is 10.2. The summed E-state index contributed by atoms with van der Waals surface area (Å²) in [6.07, 6.45) is 1.33.